The van der Waals surface area contributed by atoms with Gasteiger partial charge in [-0.2, -0.15) is 0 Å². The molecule has 4 fully saturated rings. The van der Waals surface area contributed by atoms with Crippen molar-refractivity contribution in [2.45, 2.75) is 52.1 Å². The van der Waals surface area contributed by atoms with Crippen LogP contribution in [0.5, 0.6) is 0 Å². The van der Waals surface area contributed by atoms with E-state index >= 15 is 0 Å². The van der Waals surface area contributed by atoms with E-state index in [4.69, 9.17) is 0 Å². The molecule has 8 unspecified atom stereocenters. The van der Waals surface area contributed by atoms with E-state index in [-0.39, 0.29) is 6.10 Å². The maximum atomic E-state index is 10.7. The molecular formula is C18H28O. The van der Waals surface area contributed by atoms with Crippen LogP contribution in [0.4, 0.5) is 0 Å². The Balaban J connectivity index is 1.63. The molecular weight excluding hydrogens is 232 g/mol. The SMILES string of the molecule is C=C1CC2C1C1CCC3C(C(O)CCC(C)[C@@H]3C)C12. The molecule has 106 valence electrons. The highest BCUT2D eigenvalue weighted by Gasteiger charge is 2.63. The summed E-state index contributed by atoms with van der Waals surface area (Å²) < 4.78 is 0. The van der Waals surface area contributed by atoms with Crippen LogP contribution in [0.3, 0.4) is 0 Å². The third kappa shape index (κ3) is 1.51. The highest BCUT2D eigenvalue weighted by atomic mass is 16.3. The second kappa shape index (κ2) is 4.10. The van der Waals surface area contributed by atoms with Gasteiger partial charge in [0.1, 0.15) is 0 Å². The van der Waals surface area contributed by atoms with Crippen LogP contribution in [-0.4, -0.2) is 11.2 Å². The van der Waals surface area contributed by atoms with Crippen LogP contribution in [0.25, 0.3) is 0 Å². The zero-order valence-corrected chi connectivity index (χ0v) is 12.4. The Morgan fingerprint density at radius 3 is 2.42 bits per heavy atom. The summed E-state index contributed by atoms with van der Waals surface area (Å²) in [6.07, 6.45) is 6.31. The van der Waals surface area contributed by atoms with E-state index in [2.05, 4.69) is 20.4 Å². The Morgan fingerprint density at radius 2 is 1.68 bits per heavy atom. The lowest BCUT2D eigenvalue weighted by molar-refractivity contribution is -0.164. The minimum absolute atomic E-state index is 0.0139. The highest BCUT2D eigenvalue weighted by molar-refractivity contribution is 5.27. The van der Waals surface area contributed by atoms with Gasteiger partial charge < -0.3 is 5.11 Å². The maximum absolute atomic E-state index is 10.7. The number of hydrogen-bond donors (Lipinski definition) is 1. The van der Waals surface area contributed by atoms with E-state index in [0.29, 0.717) is 5.92 Å². The van der Waals surface area contributed by atoms with Gasteiger partial charge in [-0.05, 0) is 79.4 Å². The normalized spacial score (nSPS) is 59.9. The Bertz CT molecular complexity index is 400. The molecule has 1 N–H and O–H groups in total. The fraction of sp³-hybridized carbons (Fsp3) is 0.889. The number of aliphatic hydroxyl groups excluding tert-OH is 1. The first kappa shape index (κ1) is 12.4. The molecule has 4 aliphatic carbocycles. The van der Waals surface area contributed by atoms with Crippen molar-refractivity contribution in [3.63, 3.8) is 0 Å². The summed E-state index contributed by atoms with van der Waals surface area (Å²) in [4.78, 5) is 0. The van der Waals surface area contributed by atoms with Gasteiger partial charge in [-0.25, -0.2) is 0 Å². The summed E-state index contributed by atoms with van der Waals surface area (Å²) in [5.74, 6) is 6.52. The summed E-state index contributed by atoms with van der Waals surface area (Å²) in [6.45, 7) is 9.10. The van der Waals surface area contributed by atoms with Gasteiger partial charge in [0.15, 0.2) is 0 Å². The quantitative estimate of drug-likeness (QED) is 0.655. The van der Waals surface area contributed by atoms with Crippen molar-refractivity contribution < 1.29 is 5.11 Å². The van der Waals surface area contributed by atoms with Crippen LogP contribution in [0.15, 0.2) is 12.2 Å². The third-order valence-corrected chi connectivity index (χ3v) is 7.59. The molecule has 1 nitrogen and oxygen atoms in total. The Hall–Kier alpha value is -0.300. The minimum atomic E-state index is -0.0139. The van der Waals surface area contributed by atoms with E-state index < -0.39 is 0 Å². The molecule has 4 rings (SSSR count). The molecule has 0 heterocycles. The van der Waals surface area contributed by atoms with E-state index in [9.17, 15) is 5.11 Å². The number of rotatable bonds is 0. The Labute approximate surface area is 117 Å². The molecule has 0 bridgehead atoms. The molecule has 4 aliphatic rings. The smallest absolute Gasteiger partial charge is 0.0574 e. The zero-order chi connectivity index (χ0) is 13.3. The molecule has 0 aromatic carbocycles. The van der Waals surface area contributed by atoms with Gasteiger partial charge in [0, 0.05) is 0 Å². The molecule has 0 aliphatic heterocycles. The average Bonchev–Trinajstić information content (AvgIpc) is 2.47. The lowest BCUT2D eigenvalue weighted by atomic mass is 9.38. The largest absolute Gasteiger partial charge is 0.393 e. The van der Waals surface area contributed by atoms with Crippen LogP contribution in [-0.2, 0) is 0 Å². The molecule has 0 aromatic rings. The first-order valence-corrected chi connectivity index (χ1v) is 8.45. The van der Waals surface area contributed by atoms with Crippen LogP contribution < -0.4 is 0 Å². The van der Waals surface area contributed by atoms with Crippen LogP contribution in [0, 0.1) is 47.3 Å². The van der Waals surface area contributed by atoms with Crippen LogP contribution >= 0.6 is 0 Å². The second-order valence-corrected chi connectivity index (χ2v) is 8.09. The fourth-order valence-corrected chi connectivity index (χ4v) is 6.39. The fourth-order valence-electron chi connectivity index (χ4n) is 6.39. The molecule has 0 saturated heterocycles. The Kier molecular flexibility index (Phi) is 2.68. The molecule has 4 saturated carbocycles. The topological polar surface area (TPSA) is 20.2 Å². The number of hydrogen-bond acceptors (Lipinski definition) is 1. The molecule has 9 atom stereocenters. The van der Waals surface area contributed by atoms with E-state index in [1.807, 2.05) is 0 Å². The number of aliphatic hydroxyl groups is 1. The van der Waals surface area contributed by atoms with E-state index in [1.54, 1.807) is 0 Å². The summed E-state index contributed by atoms with van der Waals surface area (Å²) in [7, 11) is 0. The van der Waals surface area contributed by atoms with Gasteiger partial charge in [-0.3, -0.25) is 0 Å². The van der Waals surface area contributed by atoms with Crippen molar-refractivity contribution in [1.29, 1.82) is 0 Å². The average molecular weight is 260 g/mol. The van der Waals surface area contributed by atoms with Crippen LogP contribution in [0.2, 0.25) is 0 Å². The molecule has 0 spiro atoms. The van der Waals surface area contributed by atoms with Crippen molar-refractivity contribution in [1.82, 2.24) is 0 Å². The summed E-state index contributed by atoms with van der Waals surface area (Å²) in [5.41, 5.74) is 1.52. The van der Waals surface area contributed by atoms with Crippen molar-refractivity contribution in [3.05, 3.63) is 12.2 Å². The number of fused-ring (bicyclic) bond motifs is 6. The van der Waals surface area contributed by atoms with Crippen LogP contribution in [0.1, 0.15) is 46.0 Å². The predicted molar refractivity (Wildman–Crippen MR) is 77.5 cm³/mol. The maximum Gasteiger partial charge on any atom is 0.0574 e. The Morgan fingerprint density at radius 1 is 0.947 bits per heavy atom. The molecule has 19 heavy (non-hydrogen) atoms. The van der Waals surface area contributed by atoms with Gasteiger partial charge in [0.05, 0.1) is 6.10 Å². The monoisotopic (exact) mass is 260 g/mol. The van der Waals surface area contributed by atoms with E-state index in [1.165, 1.54) is 31.3 Å². The van der Waals surface area contributed by atoms with Gasteiger partial charge in [-0.1, -0.05) is 26.0 Å². The minimum Gasteiger partial charge on any atom is -0.393 e. The summed E-state index contributed by atoms with van der Waals surface area (Å²) in [5, 5.41) is 10.7. The summed E-state index contributed by atoms with van der Waals surface area (Å²) >= 11 is 0. The van der Waals surface area contributed by atoms with Gasteiger partial charge >= 0.3 is 0 Å². The first-order chi connectivity index (χ1) is 9.09. The van der Waals surface area contributed by atoms with Crippen molar-refractivity contribution in [2.24, 2.45) is 47.3 Å². The van der Waals surface area contributed by atoms with Gasteiger partial charge in [-0.15, -0.1) is 0 Å². The third-order valence-electron chi connectivity index (χ3n) is 7.59. The summed E-state index contributed by atoms with van der Waals surface area (Å²) in [6, 6.07) is 0. The van der Waals surface area contributed by atoms with Crippen molar-refractivity contribution >= 4 is 0 Å². The molecule has 0 aromatic heterocycles. The number of allylic oxidation sites excluding steroid dienone is 1. The first-order valence-electron chi connectivity index (χ1n) is 8.45. The lowest BCUT2D eigenvalue weighted by Gasteiger charge is -2.67. The van der Waals surface area contributed by atoms with Crippen molar-refractivity contribution in [3.8, 4) is 0 Å². The molecule has 0 amide bonds. The standard InChI is InChI=1S/C18H28O/c1-9-4-7-15(19)18-12(11(9)3)5-6-13-16-10(2)8-14(16)17(13)18/h9,11-19H,2,4-8H2,1,3H3/t9?,11-,12?,13?,14?,15?,16?,17?,18?/m0/s1. The molecule has 1 heteroatoms. The van der Waals surface area contributed by atoms with Gasteiger partial charge in [0.2, 0.25) is 0 Å². The second-order valence-electron chi connectivity index (χ2n) is 8.09. The predicted octanol–water partition coefficient (Wildman–Crippen LogP) is 3.88. The lowest BCUT2D eigenvalue weighted by Crippen LogP contribution is -2.62. The molecule has 0 radical (unpaired) electrons. The zero-order valence-electron chi connectivity index (χ0n) is 12.4. The van der Waals surface area contributed by atoms with E-state index in [0.717, 1.165) is 47.8 Å². The van der Waals surface area contributed by atoms with Crippen molar-refractivity contribution in [2.75, 3.05) is 0 Å². The highest BCUT2D eigenvalue weighted by Crippen LogP contribution is 2.69. The van der Waals surface area contributed by atoms with Gasteiger partial charge in [0.25, 0.3) is 0 Å².